The van der Waals surface area contributed by atoms with E-state index in [9.17, 15) is 13.2 Å². The monoisotopic (exact) mass is 469 g/mol. The Kier molecular flexibility index (Phi) is 7.96. The second-order valence-electron chi connectivity index (χ2n) is 5.67. The molecule has 3 rings (SSSR count). The van der Waals surface area contributed by atoms with Crippen LogP contribution < -0.4 is 0 Å². The molecule has 0 amide bonds. The van der Waals surface area contributed by atoms with Crippen LogP contribution in [0.3, 0.4) is 0 Å². The van der Waals surface area contributed by atoms with Crippen molar-refractivity contribution >= 4 is 38.8 Å². The summed E-state index contributed by atoms with van der Waals surface area (Å²) < 4.78 is 41.8. The molecule has 0 aliphatic carbocycles. The highest BCUT2D eigenvalue weighted by Crippen LogP contribution is 2.43. The number of hydrogen-bond acceptors (Lipinski definition) is 1. The van der Waals surface area contributed by atoms with Crippen LogP contribution in [0.25, 0.3) is 11.3 Å². The summed E-state index contributed by atoms with van der Waals surface area (Å²) in [5.74, 6) is -0.584. The summed E-state index contributed by atoms with van der Waals surface area (Å²) in [5, 5.41) is 0.145. The molecule has 0 atom stereocenters. The molecule has 0 radical (unpaired) electrons. The highest BCUT2D eigenvalue weighted by molar-refractivity contribution is 9.12. The van der Waals surface area contributed by atoms with Crippen LogP contribution in [0.4, 0.5) is 13.2 Å². The van der Waals surface area contributed by atoms with E-state index >= 15 is 0 Å². The fourth-order valence-electron chi connectivity index (χ4n) is 2.86. The van der Waals surface area contributed by atoms with Crippen molar-refractivity contribution in [3.8, 4) is 0 Å². The highest BCUT2D eigenvalue weighted by atomic mass is 79.9. The molecule has 28 heavy (non-hydrogen) atoms. The number of rotatable bonds is 4. The zero-order valence-corrected chi connectivity index (χ0v) is 17.9. The highest BCUT2D eigenvalue weighted by Gasteiger charge is 2.30. The van der Waals surface area contributed by atoms with Crippen molar-refractivity contribution in [1.29, 1.82) is 0 Å². The second kappa shape index (κ2) is 9.99. The van der Waals surface area contributed by atoms with Crippen molar-refractivity contribution in [1.82, 2.24) is 4.90 Å². The smallest absolute Gasteiger partial charge is 0.256 e. The van der Waals surface area contributed by atoms with E-state index in [1.54, 1.807) is 6.08 Å². The van der Waals surface area contributed by atoms with Gasteiger partial charge in [-0.2, -0.15) is 0 Å². The zero-order chi connectivity index (χ0) is 20.8. The van der Waals surface area contributed by atoms with Crippen LogP contribution >= 0.6 is 27.5 Å². The first-order chi connectivity index (χ1) is 13.4. The Morgan fingerprint density at radius 3 is 2.29 bits per heavy atom. The Hall–Kier alpha value is -1.98. The molecule has 0 N–H and O–H groups in total. The Labute approximate surface area is 176 Å². The largest absolute Gasteiger partial charge is 0.334 e. The van der Waals surface area contributed by atoms with E-state index in [0.29, 0.717) is 15.8 Å². The number of hydrogen-bond donors (Lipinski definition) is 0. The summed E-state index contributed by atoms with van der Waals surface area (Å²) in [7, 11) is 0. The zero-order valence-electron chi connectivity index (χ0n) is 15.5. The molecule has 0 unspecified atom stereocenters. The van der Waals surface area contributed by atoms with Gasteiger partial charge in [-0.3, -0.25) is 0 Å². The molecule has 0 aromatic heterocycles. The maximum Gasteiger partial charge on any atom is 0.256 e. The van der Waals surface area contributed by atoms with Gasteiger partial charge >= 0.3 is 0 Å². The summed E-state index contributed by atoms with van der Waals surface area (Å²) in [4.78, 5) is 1.31. The van der Waals surface area contributed by atoms with E-state index < -0.39 is 18.8 Å². The summed E-state index contributed by atoms with van der Waals surface area (Å²) in [5.41, 5.74) is 2.00. The molecule has 0 saturated heterocycles. The van der Waals surface area contributed by atoms with E-state index in [2.05, 4.69) is 22.5 Å². The van der Waals surface area contributed by atoms with Crippen LogP contribution in [0.5, 0.6) is 0 Å². The van der Waals surface area contributed by atoms with Gasteiger partial charge in [0.15, 0.2) is 0 Å². The van der Waals surface area contributed by atoms with Crippen molar-refractivity contribution in [3.05, 3.63) is 93.3 Å². The van der Waals surface area contributed by atoms with Gasteiger partial charge < -0.3 is 4.90 Å². The Balaban J connectivity index is 0.00000136. The van der Waals surface area contributed by atoms with Crippen molar-refractivity contribution in [2.75, 3.05) is 6.54 Å². The fraction of sp³-hybridized carbons (Fsp3) is 0.182. The lowest BCUT2D eigenvalue weighted by Crippen LogP contribution is -2.30. The van der Waals surface area contributed by atoms with Crippen molar-refractivity contribution < 1.29 is 13.2 Å². The normalized spacial score (nSPS) is 14.1. The van der Waals surface area contributed by atoms with Gasteiger partial charge in [0.05, 0.1) is 22.8 Å². The van der Waals surface area contributed by atoms with Gasteiger partial charge in [-0.1, -0.05) is 68.4 Å². The minimum atomic E-state index is -2.64. The van der Waals surface area contributed by atoms with E-state index in [1.165, 1.54) is 23.1 Å². The van der Waals surface area contributed by atoms with Gasteiger partial charge in [-0.25, -0.2) is 13.2 Å². The van der Waals surface area contributed by atoms with Crippen molar-refractivity contribution in [2.24, 2.45) is 0 Å². The minimum absolute atomic E-state index is 0.0751. The first kappa shape index (κ1) is 22.3. The molecule has 0 bridgehead atoms. The van der Waals surface area contributed by atoms with Crippen molar-refractivity contribution in [3.63, 3.8) is 0 Å². The Morgan fingerprint density at radius 1 is 1.07 bits per heavy atom. The van der Waals surface area contributed by atoms with Gasteiger partial charge in [-0.15, -0.1) is 0 Å². The average molecular weight is 471 g/mol. The van der Waals surface area contributed by atoms with E-state index in [0.717, 1.165) is 5.56 Å². The molecular formula is C22H20BrClF3N. The molecule has 1 nitrogen and oxygen atoms in total. The molecule has 0 spiro atoms. The Bertz CT molecular complexity index is 887. The summed E-state index contributed by atoms with van der Waals surface area (Å²) in [6.45, 7) is 7.24. The van der Waals surface area contributed by atoms with E-state index in [1.807, 2.05) is 44.2 Å². The van der Waals surface area contributed by atoms with Crippen LogP contribution in [0.15, 0.2) is 71.4 Å². The van der Waals surface area contributed by atoms with Crippen LogP contribution in [-0.2, 0) is 0 Å². The summed E-state index contributed by atoms with van der Waals surface area (Å²) in [6, 6.07) is 13.4. The van der Waals surface area contributed by atoms with E-state index in [-0.39, 0.29) is 16.3 Å². The molecule has 1 aliphatic heterocycles. The van der Waals surface area contributed by atoms with Gasteiger partial charge in [-0.05, 0) is 39.7 Å². The SMILES string of the molecule is C=C1C(Br)=CC(c2ccccc2)=C(c2c(F)cccc2Cl)N1CC(F)F.CC. The first-order valence-corrected chi connectivity index (χ1v) is 9.93. The predicted octanol–water partition coefficient (Wildman–Crippen LogP) is 7.75. The lowest BCUT2D eigenvalue weighted by Gasteiger charge is -2.34. The number of nitrogens with zero attached hydrogens (tertiary/aromatic N) is 1. The summed E-state index contributed by atoms with van der Waals surface area (Å²) >= 11 is 9.62. The fourth-order valence-corrected chi connectivity index (χ4v) is 3.55. The molecule has 1 aliphatic rings. The topological polar surface area (TPSA) is 3.24 Å². The molecule has 2 aromatic rings. The predicted molar refractivity (Wildman–Crippen MR) is 115 cm³/mol. The molecular weight excluding hydrogens is 451 g/mol. The quantitative estimate of drug-likeness (QED) is 0.441. The second-order valence-corrected chi connectivity index (χ2v) is 6.93. The van der Waals surface area contributed by atoms with Gasteiger partial charge in [0.1, 0.15) is 5.82 Å². The maximum atomic E-state index is 14.7. The van der Waals surface area contributed by atoms with Crippen LogP contribution in [-0.4, -0.2) is 17.9 Å². The number of allylic oxidation sites excluding steroid dienone is 3. The van der Waals surface area contributed by atoms with Gasteiger partial charge in [0.25, 0.3) is 6.43 Å². The third-order valence-corrected chi connectivity index (χ3v) is 5.00. The Morgan fingerprint density at radius 2 is 1.71 bits per heavy atom. The molecule has 1 heterocycles. The average Bonchev–Trinajstić information content (AvgIpc) is 2.68. The first-order valence-electron chi connectivity index (χ1n) is 8.76. The van der Waals surface area contributed by atoms with Gasteiger partial charge in [0.2, 0.25) is 0 Å². The summed E-state index contributed by atoms with van der Waals surface area (Å²) in [6.07, 6.45) is -0.889. The molecule has 0 fully saturated rings. The van der Waals surface area contributed by atoms with Crippen LogP contribution in [0.2, 0.25) is 5.02 Å². The maximum absolute atomic E-state index is 14.7. The third-order valence-electron chi connectivity index (χ3n) is 4.00. The lowest BCUT2D eigenvalue weighted by molar-refractivity contribution is 0.123. The van der Waals surface area contributed by atoms with Gasteiger partial charge in [0, 0.05) is 15.8 Å². The molecule has 2 aromatic carbocycles. The van der Waals surface area contributed by atoms with E-state index in [4.69, 9.17) is 11.6 Å². The lowest BCUT2D eigenvalue weighted by atomic mass is 9.94. The molecule has 0 saturated carbocycles. The van der Waals surface area contributed by atoms with Crippen molar-refractivity contribution in [2.45, 2.75) is 20.3 Å². The number of benzene rings is 2. The van der Waals surface area contributed by atoms with Crippen LogP contribution in [0.1, 0.15) is 25.0 Å². The number of halogens is 5. The number of alkyl halides is 2. The molecule has 6 heteroatoms. The molecule has 148 valence electrons. The third kappa shape index (κ3) is 4.70. The minimum Gasteiger partial charge on any atom is -0.334 e. The van der Waals surface area contributed by atoms with Crippen LogP contribution in [0, 0.1) is 5.82 Å². The standard InChI is InChI=1S/C20H14BrClF3N.C2H6/c1-12-15(21)10-14(13-6-3-2-4-7-13)20(26(12)11-18(24)25)19-16(22)8-5-9-17(19)23;1-2/h2-10,18H,1,11H2;1-2H3.